The molecule has 0 spiro atoms. The van der Waals surface area contributed by atoms with Crippen LogP contribution in [0.15, 0.2) is 12.1 Å². The highest BCUT2D eigenvalue weighted by Crippen LogP contribution is 2.37. The lowest BCUT2D eigenvalue weighted by Crippen LogP contribution is -2.46. The minimum absolute atomic E-state index is 0.139. The molecule has 1 saturated heterocycles. The molecule has 2 aliphatic rings. The zero-order valence-electron chi connectivity index (χ0n) is 11.9. The standard InChI is InChI=1S/C16H21ClN2O/c1-2-13-9-12(10-15(17)18-13)16(20)19-8-4-6-11-5-3-7-14(11)19/h9-11,14H,2-8H2,1H3. The summed E-state index contributed by atoms with van der Waals surface area (Å²) < 4.78 is 0. The molecule has 0 aromatic carbocycles. The summed E-state index contributed by atoms with van der Waals surface area (Å²) in [4.78, 5) is 19.1. The molecule has 2 unspecified atom stereocenters. The number of carbonyl (C=O) groups is 1. The number of nitrogens with zero attached hydrogens (tertiary/aromatic N) is 2. The molecule has 1 amide bonds. The van der Waals surface area contributed by atoms with Crippen LogP contribution in [0.3, 0.4) is 0 Å². The Kier molecular flexibility index (Phi) is 3.97. The van der Waals surface area contributed by atoms with Crippen molar-refractivity contribution in [1.29, 1.82) is 0 Å². The van der Waals surface area contributed by atoms with Crippen molar-refractivity contribution in [2.45, 2.75) is 51.5 Å². The Labute approximate surface area is 125 Å². The van der Waals surface area contributed by atoms with E-state index in [1.165, 1.54) is 19.3 Å². The number of rotatable bonds is 2. The van der Waals surface area contributed by atoms with E-state index in [0.717, 1.165) is 37.4 Å². The highest BCUT2D eigenvalue weighted by atomic mass is 35.5. The molecule has 2 heterocycles. The molecule has 0 bridgehead atoms. The molecule has 20 heavy (non-hydrogen) atoms. The zero-order valence-corrected chi connectivity index (χ0v) is 12.7. The number of halogens is 1. The van der Waals surface area contributed by atoms with Crippen molar-refractivity contribution in [3.05, 3.63) is 28.5 Å². The largest absolute Gasteiger partial charge is 0.335 e. The Morgan fingerprint density at radius 1 is 1.35 bits per heavy atom. The summed E-state index contributed by atoms with van der Waals surface area (Å²) in [5.74, 6) is 0.858. The molecule has 0 radical (unpaired) electrons. The maximum atomic E-state index is 12.8. The number of likely N-dealkylation sites (tertiary alicyclic amines) is 1. The average Bonchev–Trinajstić information content (AvgIpc) is 2.94. The fraction of sp³-hybridized carbons (Fsp3) is 0.625. The molecule has 108 valence electrons. The molecule has 4 heteroatoms. The first-order chi connectivity index (χ1) is 9.69. The molecule has 1 aliphatic heterocycles. The molecule has 0 N–H and O–H groups in total. The molecule has 1 saturated carbocycles. The fourth-order valence-corrected chi connectivity index (χ4v) is 3.95. The van der Waals surface area contributed by atoms with Crippen LogP contribution < -0.4 is 0 Å². The van der Waals surface area contributed by atoms with Gasteiger partial charge in [-0.15, -0.1) is 0 Å². The van der Waals surface area contributed by atoms with E-state index in [1.807, 2.05) is 13.0 Å². The van der Waals surface area contributed by atoms with Gasteiger partial charge in [-0.25, -0.2) is 4.98 Å². The summed E-state index contributed by atoms with van der Waals surface area (Å²) in [6.45, 7) is 2.92. The van der Waals surface area contributed by atoms with Gasteiger partial charge in [-0.3, -0.25) is 4.79 Å². The number of aryl methyl sites for hydroxylation is 1. The van der Waals surface area contributed by atoms with Gasteiger partial charge < -0.3 is 4.90 Å². The lowest BCUT2D eigenvalue weighted by atomic mass is 9.91. The van der Waals surface area contributed by atoms with Gasteiger partial charge in [0.05, 0.1) is 0 Å². The van der Waals surface area contributed by atoms with E-state index in [1.54, 1.807) is 6.07 Å². The number of aromatic nitrogens is 1. The third-order valence-corrected chi connectivity index (χ3v) is 4.90. The van der Waals surface area contributed by atoms with Gasteiger partial charge in [0.1, 0.15) is 5.15 Å². The lowest BCUT2D eigenvalue weighted by Gasteiger charge is -2.38. The lowest BCUT2D eigenvalue weighted by molar-refractivity contribution is 0.0548. The second kappa shape index (κ2) is 5.72. The maximum Gasteiger partial charge on any atom is 0.254 e. The van der Waals surface area contributed by atoms with E-state index in [9.17, 15) is 4.79 Å². The Balaban J connectivity index is 1.86. The van der Waals surface area contributed by atoms with Crippen molar-refractivity contribution in [2.24, 2.45) is 5.92 Å². The average molecular weight is 293 g/mol. The highest BCUT2D eigenvalue weighted by molar-refractivity contribution is 6.29. The summed E-state index contributed by atoms with van der Waals surface area (Å²) in [7, 11) is 0. The van der Waals surface area contributed by atoms with Crippen LogP contribution in [-0.2, 0) is 6.42 Å². The van der Waals surface area contributed by atoms with Crippen LogP contribution in [0.25, 0.3) is 0 Å². The Morgan fingerprint density at radius 2 is 2.15 bits per heavy atom. The van der Waals surface area contributed by atoms with Gasteiger partial charge >= 0.3 is 0 Å². The minimum Gasteiger partial charge on any atom is -0.335 e. The van der Waals surface area contributed by atoms with Crippen molar-refractivity contribution >= 4 is 17.5 Å². The van der Waals surface area contributed by atoms with Crippen molar-refractivity contribution in [3.8, 4) is 0 Å². The number of carbonyl (C=O) groups excluding carboxylic acids is 1. The summed E-state index contributed by atoms with van der Waals surface area (Å²) in [6.07, 6.45) is 6.92. The molecule has 2 atom stereocenters. The zero-order chi connectivity index (χ0) is 14.1. The summed E-state index contributed by atoms with van der Waals surface area (Å²) in [5.41, 5.74) is 1.59. The van der Waals surface area contributed by atoms with E-state index in [4.69, 9.17) is 11.6 Å². The normalized spacial score (nSPS) is 25.6. The van der Waals surface area contributed by atoms with Crippen molar-refractivity contribution in [3.63, 3.8) is 0 Å². The smallest absolute Gasteiger partial charge is 0.254 e. The van der Waals surface area contributed by atoms with Gasteiger partial charge in [-0.1, -0.05) is 24.9 Å². The Bertz CT molecular complexity index is 517. The molecule has 3 nitrogen and oxygen atoms in total. The van der Waals surface area contributed by atoms with Gasteiger partial charge in [-0.05, 0) is 50.2 Å². The van der Waals surface area contributed by atoms with Crippen molar-refractivity contribution in [2.75, 3.05) is 6.54 Å². The number of hydrogen-bond acceptors (Lipinski definition) is 2. The van der Waals surface area contributed by atoms with E-state index in [-0.39, 0.29) is 5.91 Å². The van der Waals surface area contributed by atoms with E-state index in [0.29, 0.717) is 16.8 Å². The number of piperidine rings is 1. The number of pyridine rings is 1. The van der Waals surface area contributed by atoms with Crippen LogP contribution in [0.1, 0.15) is 55.1 Å². The topological polar surface area (TPSA) is 33.2 Å². The minimum atomic E-state index is 0.139. The first-order valence-corrected chi connectivity index (χ1v) is 8.04. The van der Waals surface area contributed by atoms with E-state index >= 15 is 0 Å². The molecule has 1 aromatic rings. The summed E-state index contributed by atoms with van der Waals surface area (Å²) in [6, 6.07) is 4.06. The van der Waals surface area contributed by atoms with Crippen LogP contribution in [-0.4, -0.2) is 28.4 Å². The van der Waals surface area contributed by atoms with Crippen LogP contribution >= 0.6 is 11.6 Å². The molecule has 1 aromatic heterocycles. The van der Waals surface area contributed by atoms with Gasteiger partial charge in [0, 0.05) is 23.8 Å². The fourth-order valence-electron chi connectivity index (χ4n) is 3.73. The quantitative estimate of drug-likeness (QED) is 0.779. The van der Waals surface area contributed by atoms with E-state index < -0.39 is 0 Å². The second-order valence-corrected chi connectivity index (χ2v) is 6.31. The molecule has 1 aliphatic carbocycles. The SMILES string of the molecule is CCc1cc(C(=O)N2CCCC3CCCC32)cc(Cl)n1. The molecular weight excluding hydrogens is 272 g/mol. The third-order valence-electron chi connectivity index (χ3n) is 4.71. The van der Waals surface area contributed by atoms with Crippen molar-refractivity contribution < 1.29 is 4.79 Å². The van der Waals surface area contributed by atoms with Gasteiger partial charge in [-0.2, -0.15) is 0 Å². The Hall–Kier alpha value is -1.09. The number of amides is 1. The molecule has 2 fully saturated rings. The molecule has 3 rings (SSSR count). The molecular formula is C16H21ClN2O. The third kappa shape index (κ3) is 2.56. The maximum absolute atomic E-state index is 12.8. The number of fused-ring (bicyclic) bond motifs is 1. The van der Waals surface area contributed by atoms with Gasteiger partial charge in [0.25, 0.3) is 5.91 Å². The van der Waals surface area contributed by atoms with Crippen LogP contribution in [0, 0.1) is 5.92 Å². The van der Waals surface area contributed by atoms with Gasteiger partial charge in [0.15, 0.2) is 0 Å². The van der Waals surface area contributed by atoms with Crippen molar-refractivity contribution in [1.82, 2.24) is 9.88 Å². The van der Waals surface area contributed by atoms with Crippen LogP contribution in [0.4, 0.5) is 0 Å². The Morgan fingerprint density at radius 3 is 2.95 bits per heavy atom. The highest BCUT2D eigenvalue weighted by Gasteiger charge is 2.37. The monoisotopic (exact) mass is 292 g/mol. The predicted octanol–water partition coefficient (Wildman–Crippen LogP) is 3.70. The van der Waals surface area contributed by atoms with Gasteiger partial charge in [0.2, 0.25) is 0 Å². The number of hydrogen-bond donors (Lipinski definition) is 0. The summed E-state index contributed by atoms with van der Waals surface area (Å²) in [5, 5.41) is 0.424. The first kappa shape index (κ1) is 13.9. The predicted molar refractivity (Wildman–Crippen MR) is 80.0 cm³/mol. The first-order valence-electron chi connectivity index (χ1n) is 7.66. The van der Waals surface area contributed by atoms with Crippen LogP contribution in [0.2, 0.25) is 5.15 Å². The second-order valence-electron chi connectivity index (χ2n) is 5.92. The van der Waals surface area contributed by atoms with E-state index in [2.05, 4.69) is 9.88 Å². The van der Waals surface area contributed by atoms with Crippen LogP contribution in [0.5, 0.6) is 0 Å². The summed E-state index contributed by atoms with van der Waals surface area (Å²) >= 11 is 6.04.